The normalized spacial score (nSPS) is 24.1. The van der Waals surface area contributed by atoms with Crippen molar-refractivity contribution >= 4 is 11.6 Å². The summed E-state index contributed by atoms with van der Waals surface area (Å²) in [7, 11) is 5.67. The third-order valence-corrected chi connectivity index (χ3v) is 7.29. The molecule has 0 saturated carbocycles. The predicted octanol–water partition coefficient (Wildman–Crippen LogP) is 3.97. The zero-order valence-electron chi connectivity index (χ0n) is 20.0. The SMILES string of the molecule is COC1=CCC(C(=O)N2CCC3Nc4cc(C)ccc4-n4cccc4CC3C2)C=C1N(C)C. The van der Waals surface area contributed by atoms with Gasteiger partial charge >= 0.3 is 0 Å². The van der Waals surface area contributed by atoms with Gasteiger partial charge in [-0.1, -0.05) is 6.07 Å². The number of likely N-dealkylation sites (N-methyl/N-ethyl adjacent to an activating group) is 1. The molecule has 1 fully saturated rings. The van der Waals surface area contributed by atoms with Crippen LogP contribution in [0, 0.1) is 18.8 Å². The number of likely N-dealkylation sites (tertiary alicyclic amines) is 1. The number of hydrogen-bond donors (Lipinski definition) is 1. The molecule has 5 rings (SSSR count). The van der Waals surface area contributed by atoms with Gasteiger partial charge in [-0.25, -0.2) is 0 Å². The Kier molecular flexibility index (Phi) is 5.69. The van der Waals surface area contributed by atoms with Crippen LogP contribution in [0.4, 0.5) is 5.69 Å². The lowest BCUT2D eigenvalue weighted by molar-refractivity contribution is -0.136. The smallest absolute Gasteiger partial charge is 0.229 e. The fourth-order valence-electron chi connectivity index (χ4n) is 5.53. The van der Waals surface area contributed by atoms with Gasteiger partial charge in [0.2, 0.25) is 5.91 Å². The monoisotopic (exact) mass is 446 g/mol. The van der Waals surface area contributed by atoms with Crippen molar-refractivity contribution < 1.29 is 9.53 Å². The Bertz CT molecular complexity index is 1110. The molecule has 3 unspecified atom stereocenters. The van der Waals surface area contributed by atoms with E-state index in [1.807, 2.05) is 25.1 Å². The Labute approximate surface area is 196 Å². The summed E-state index contributed by atoms with van der Waals surface area (Å²) >= 11 is 0. The molecule has 2 aromatic rings. The Morgan fingerprint density at radius 1 is 1.24 bits per heavy atom. The lowest BCUT2D eigenvalue weighted by Crippen LogP contribution is -2.51. The number of fused-ring (bicyclic) bond motifs is 4. The minimum absolute atomic E-state index is 0.133. The van der Waals surface area contributed by atoms with Crippen molar-refractivity contribution in [3.8, 4) is 5.69 Å². The number of methoxy groups -OCH3 is 1. The van der Waals surface area contributed by atoms with Crippen LogP contribution in [0.5, 0.6) is 0 Å². The van der Waals surface area contributed by atoms with E-state index in [4.69, 9.17) is 4.74 Å². The molecular formula is C27H34N4O2. The Hall–Kier alpha value is -3.15. The van der Waals surface area contributed by atoms with Crippen molar-refractivity contribution in [3.05, 3.63) is 71.4 Å². The minimum Gasteiger partial charge on any atom is -0.495 e. The van der Waals surface area contributed by atoms with Crippen LogP contribution in [0.2, 0.25) is 0 Å². The number of allylic oxidation sites excluding steroid dienone is 1. The van der Waals surface area contributed by atoms with E-state index < -0.39 is 0 Å². The summed E-state index contributed by atoms with van der Waals surface area (Å²) in [5.74, 6) is 1.32. The number of piperidine rings is 1. The summed E-state index contributed by atoms with van der Waals surface area (Å²) < 4.78 is 7.81. The van der Waals surface area contributed by atoms with E-state index >= 15 is 0 Å². The zero-order chi connectivity index (χ0) is 23.1. The maximum Gasteiger partial charge on any atom is 0.229 e. The van der Waals surface area contributed by atoms with Crippen LogP contribution in [0.1, 0.15) is 24.1 Å². The van der Waals surface area contributed by atoms with Crippen LogP contribution in [-0.2, 0) is 16.0 Å². The lowest BCUT2D eigenvalue weighted by Gasteiger charge is -2.42. The highest BCUT2D eigenvalue weighted by atomic mass is 16.5. The van der Waals surface area contributed by atoms with Gasteiger partial charge in [-0.2, -0.15) is 0 Å². The van der Waals surface area contributed by atoms with Crippen LogP contribution in [0.15, 0.2) is 60.1 Å². The third kappa shape index (κ3) is 4.03. The second-order valence-corrected chi connectivity index (χ2v) is 9.74. The number of hydrogen-bond acceptors (Lipinski definition) is 4. The van der Waals surface area contributed by atoms with E-state index in [0.717, 1.165) is 37.4 Å². The topological polar surface area (TPSA) is 49.7 Å². The lowest BCUT2D eigenvalue weighted by atomic mass is 9.86. The Morgan fingerprint density at radius 2 is 2.09 bits per heavy atom. The van der Waals surface area contributed by atoms with Gasteiger partial charge in [0.25, 0.3) is 0 Å². The molecule has 3 heterocycles. The first-order chi connectivity index (χ1) is 15.9. The molecule has 1 aromatic carbocycles. The van der Waals surface area contributed by atoms with Crippen LogP contribution >= 0.6 is 0 Å². The van der Waals surface area contributed by atoms with E-state index in [-0.39, 0.29) is 11.8 Å². The van der Waals surface area contributed by atoms with Crippen molar-refractivity contribution in [2.75, 3.05) is 39.6 Å². The van der Waals surface area contributed by atoms with Crippen LogP contribution in [0.25, 0.3) is 5.69 Å². The number of carbonyl (C=O) groups is 1. The molecule has 2 aliphatic heterocycles. The van der Waals surface area contributed by atoms with Gasteiger partial charge < -0.3 is 24.4 Å². The summed E-state index contributed by atoms with van der Waals surface area (Å²) in [6, 6.07) is 11.3. The first kappa shape index (κ1) is 21.7. The fraction of sp³-hybridized carbons (Fsp3) is 0.444. The fourth-order valence-corrected chi connectivity index (χ4v) is 5.53. The van der Waals surface area contributed by atoms with Crippen LogP contribution in [-0.4, -0.2) is 60.6 Å². The van der Waals surface area contributed by atoms with Gasteiger partial charge in [-0.15, -0.1) is 0 Å². The van der Waals surface area contributed by atoms with Crippen LogP contribution < -0.4 is 5.32 Å². The highest BCUT2D eigenvalue weighted by molar-refractivity contribution is 5.81. The predicted molar refractivity (Wildman–Crippen MR) is 131 cm³/mol. The molecule has 1 saturated heterocycles. The molecule has 3 aliphatic rings. The van der Waals surface area contributed by atoms with Gasteiger partial charge in [0.05, 0.1) is 30.1 Å². The zero-order valence-corrected chi connectivity index (χ0v) is 20.0. The van der Waals surface area contributed by atoms with E-state index in [2.05, 4.69) is 64.3 Å². The third-order valence-electron chi connectivity index (χ3n) is 7.29. The maximum absolute atomic E-state index is 13.6. The summed E-state index contributed by atoms with van der Waals surface area (Å²) in [4.78, 5) is 17.7. The number of nitrogens with zero attached hydrogens (tertiary/aromatic N) is 3. The minimum atomic E-state index is -0.133. The van der Waals surface area contributed by atoms with Gasteiger partial charge in [0.1, 0.15) is 5.76 Å². The van der Waals surface area contributed by atoms with Crippen molar-refractivity contribution in [1.29, 1.82) is 0 Å². The van der Waals surface area contributed by atoms with Crippen molar-refractivity contribution in [3.63, 3.8) is 0 Å². The number of rotatable bonds is 3. The summed E-state index contributed by atoms with van der Waals surface area (Å²) in [6.07, 6.45) is 8.88. The van der Waals surface area contributed by atoms with Gasteiger partial charge in [-0.05, 0) is 68.2 Å². The number of carbonyl (C=O) groups excluding carboxylic acids is 1. The molecule has 0 radical (unpaired) electrons. The highest BCUT2D eigenvalue weighted by Crippen LogP contribution is 2.34. The van der Waals surface area contributed by atoms with Gasteiger partial charge in [-0.3, -0.25) is 4.79 Å². The first-order valence-corrected chi connectivity index (χ1v) is 11.9. The number of aromatic nitrogens is 1. The number of amides is 1. The Balaban J connectivity index is 1.37. The van der Waals surface area contributed by atoms with Crippen LogP contribution in [0.3, 0.4) is 0 Å². The van der Waals surface area contributed by atoms with Gasteiger partial charge in [0, 0.05) is 51.0 Å². The van der Waals surface area contributed by atoms with Crippen molar-refractivity contribution in [1.82, 2.24) is 14.4 Å². The number of anilines is 1. The molecule has 1 aromatic heterocycles. The van der Waals surface area contributed by atoms with Crippen molar-refractivity contribution in [2.24, 2.45) is 11.8 Å². The molecular weight excluding hydrogens is 412 g/mol. The maximum atomic E-state index is 13.6. The van der Waals surface area contributed by atoms with E-state index in [1.54, 1.807) is 7.11 Å². The van der Waals surface area contributed by atoms with E-state index in [1.165, 1.54) is 22.6 Å². The molecule has 1 amide bonds. The number of nitrogens with one attached hydrogen (secondary N) is 1. The Morgan fingerprint density at radius 3 is 2.88 bits per heavy atom. The summed E-state index contributed by atoms with van der Waals surface area (Å²) in [5.41, 5.74) is 5.94. The average Bonchev–Trinajstić information content (AvgIpc) is 3.25. The first-order valence-electron chi connectivity index (χ1n) is 11.9. The van der Waals surface area contributed by atoms with E-state index in [0.29, 0.717) is 18.4 Å². The molecule has 0 spiro atoms. The van der Waals surface area contributed by atoms with E-state index in [9.17, 15) is 4.79 Å². The standard InChI is InChI=1S/C27H34N4O2/c1-18-7-9-24-23(14-18)28-22-11-13-30(17-20(22)15-21-6-5-12-31(21)24)27(32)19-8-10-26(33-4)25(16-19)29(2)3/h5-7,9-10,12,14,16,19-20,22,28H,8,11,13,15,17H2,1-4H3. The molecule has 33 heavy (non-hydrogen) atoms. The largest absolute Gasteiger partial charge is 0.495 e. The second-order valence-electron chi connectivity index (χ2n) is 9.74. The highest BCUT2D eigenvalue weighted by Gasteiger charge is 2.36. The second kappa shape index (κ2) is 8.65. The molecule has 0 bridgehead atoms. The number of ether oxygens (including phenoxy) is 1. The molecule has 1 aliphatic carbocycles. The molecule has 6 nitrogen and oxygen atoms in total. The van der Waals surface area contributed by atoms with Crippen molar-refractivity contribution in [2.45, 2.75) is 32.2 Å². The summed E-state index contributed by atoms with van der Waals surface area (Å²) in [6.45, 7) is 3.71. The molecule has 6 heteroatoms. The number of aryl methyl sites for hydroxylation is 1. The molecule has 1 N–H and O–H groups in total. The molecule has 3 atom stereocenters. The summed E-state index contributed by atoms with van der Waals surface area (Å²) in [5, 5.41) is 3.84. The number of benzene rings is 1. The quantitative estimate of drug-likeness (QED) is 0.775. The average molecular weight is 447 g/mol. The molecule has 174 valence electrons. The van der Waals surface area contributed by atoms with Gasteiger partial charge in [0.15, 0.2) is 0 Å².